The quantitative estimate of drug-likeness (QED) is 0.443. The number of nitrogens with one attached hydrogen (secondary N) is 2. The first-order valence-corrected chi connectivity index (χ1v) is 16.0. The maximum absolute atomic E-state index is 13.0. The number of alkyl carbamates (subject to hydrolysis) is 1. The molecule has 0 unspecified atom stereocenters. The summed E-state index contributed by atoms with van der Waals surface area (Å²) < 4.78 is 43.5. The summed E-state index contributed by atoms with van der Waals surface area (Å²) in [7, 11) is -0.900. The maximum Gasteiger partial charge on any atom is 0.419 e. The van der Waals surface area contributed by atoms with Gasteiger partial charge in [0.1, 0.15) is 11.6 Å². The number of alkyl halides is 3. The van der Waals surface area contributed by atoms with Gasteiger partial charge in [-0.1, -0.05) is 0 Å². The molecule has 2 rings (SSSR count). The van der Waals surface area contributed by atoms with E-state index in [0.717, 1.165) is 18.1 Å². The molecule has 8 nitrogen and oxygen atoms in total. The summed E-state index contributed by atoms with van der Waals surface area (Å²) in [6, 6.07) is -0.839. The summed E-state index contributed by atoms with van der Waals surface area (Å²) in [5, 5.41) is 5.71. The minimum Gasteiger partial charge on any atom is -0.444 e. The van der Waals surface area contributed by atoms with Crippen LogP contribution in [0.15, 0.2) is 12.4 Å². The third-order valence-corrected chi connectivity index (χ3v) is 7.52. The number of carbonyl (C=O) groups is 2. The molecule has 0 bridgehead atoms. The van der Waals surface area contributed by atoms with Gasteiger partial charge in [0.15, 0.2) is 0 Å². The highest BCUT2D eigenvalue weighted by atomic mass is 127. The molecule has 194 valence electrons. The van der Waals surface area contributed by atoms with Gasteiger partial charge in [-0.25, -0.2) is 14.8 Å². The van der Waals surface area contributed by atoms with E-state index >= 15 is 0 Å². The number of hydrogen-bond acceptors (Lipinski definition) is 6. The second kappa shape index (κ2) is 11.5. The van der Waals surface area contributed by atoms with Gasteiger partial charge >= 0.3 is 12.3 Å². The topological polar surface area (TPSA) is 96.4 Å². The lowest BCUT2D eigenvalue weighted by Gasteiger charge is -2.33. The van der Waals surface area contributed by atoms with Crippen LogP contribution in [0, 0.1) is 0 Å². The molecular formula is C21H33F3IN5O3S. The number of rotatable bonds is 7. The van der Waals surface area contributed by atoms with Crippen LogP contribution in [0.3, 0.4) is 0 Å². The number of carbonyl (C=O) groups excluding carboxylic acids is 2. The summed E-state index contributed by atoms with van der Waals surface area (Å²) in [6.07, 6.45) is 2.37. The number of nitrogens with zero attached hydrogens (tertiary/aromatic N) is 3. The molecule has 1 aromatic heterocycles. The Morgan fingerprint density at radius 2 is 1.76 bits per heavy atom. The Balaban J connectivity index is 1.94. The number of halogens is 4. The summed E-state index contributed by atoms with van der Waals surface area (Å²) >= 11 is 2.39. The number of hydrogen-bond donors (Lipinski definition) is 2. The highest BCUT2D eigenvalue weighted by Gasteiger charge is 2.32. The molecule has 1 aromatic rings. The van der Waals surface area contributed by atoms with Crippen molar-refractivity contribution < 1.29 is 27.5 Å². The maximum atomic E-state index is 13.0. The molecule has 1 aliphatic rings. The lowest BCUT2D eigenvalue weighted by molar-refractivity contribution is -0.138. The van der Waals surface area contributed by atoms with E-state index in [1.807, 2.05) is 0 Å². The molecule has 1 aliphatic heterocycles. The minimum atomic E-state index is -4.48. The third kappa shape index (κ3) is 10.0. The minimum absolute atomic E-state index is 0.124. The zero-order valence-electron chi connectivity index (χ0n) is 20.0. The molecule has 1 fully saturated rings. The van der Waals surface area contributed by atoms with E-state index in [1.165, 1.54) is 0 Å². The Kier molecular flexibility index (Phi) is 9.70. The van der Waals surface area contributed by atoms with Crippen LogP contribution in [0.25, 0.3) is 0 Å². The Morgan fingerprint density at radius 3 is 2.24 bits per heavy atom. The van der Waals surface area contributed by atoms with Crippen molar-refractivity contribution >= 4 is 46.4 Å². The van der Waals surface area contributed by atoms with Gasteiger partial charge in [0, 0.05) is 31.5 Å². The SMILES string of the molecule is CC(C)(C)OC(=O)N[C@H](CCS(C)(C)I)C(=O)NC1CCN(c2ncc(C(F)(F)F)cn2)CC1. The number of amides is 2. The summed E-state index contributed by atoms with van der Waals surface area (Å²) in [5.74, 6) is 0.759. The molecule has 13 heteroatoms. The van der Waals surface area contributed by atoms with E-state index in [-0.39, 0.29) is 17.9 Å². The summed E-state index contributed by atoms with van der Waals surface area (Å²) in [4.78, 5) is 34.7. The second-order valence-electron chi connectivity index (χ2n) is 9.63. The Hall–Kier alpha value is -1.51. The largest absolute Gasteiger partial charge is 0.444 e. The highest BCUT2D eigenvalue weighted by Crippen LogP contribution is 2.49. The fourth-order valence-corrected chi connectivity index (χ4v) is 4.83. The first kappa shape index (κ1) is 28.7. The lowest BCUT2D eigenvalue weighted by Crippen LogP contribution is -2.53. The van der Waals surface area contributed by atoms with Gasteiger partial charge < -0.3 is 20.3 Å². The summed E-state index contributed by atoms with van der Waals surface area (Å²) in [5.41, 5.74) is -1.56. The number of ether oxygens (including phenoxy) is 1. The van der Waals surface area contributed by atoms with E-state index < -0.39 is 36.7 Å². The highest BCUT2D eigenvalue weighted by molar-refractivity contribution is 14.2. The fraction of sp³-hybridized carbons (Fsp3) is 0.714. The second-order valence-corrected chi connectivity index (χ2v) is 20.0. The Morgan fingerprint density at radius 1 is 1.21 bits per heavy atom. The van der Waals surface area contributed by atoms with Gasteiger partial charge in [-0.3, -0.25) is 4.79 Å². The standard InChI is InChI=1S/C21H33F3IN5O3S/c1-20(2,3)33-19(32)29-16(8-11-34(4,5)25)17(31)28-15-6-9-30(10-7-15)18-26-12-14(13-27-18)21(22,23)24/h12-13,15-16H,6-11H2,1-5H3,(H,28,31)(H,29,32)/t16-/m1/s1. The predicted molar refractivity (Wildman–Crippen MR) is 137 cm³/mol. The van der Waals surface area contributed by atoms with Gasteiger partial charge in [-0.2, -0.15) is 20.4 Å². The van der Waals surface area contributed by atoms with Crippen molar-refractivity contribution in [3.05, 3.63) is 18.0 Å². The Labute approximate surface area is 212 Å². The van der Waals surface area contributed by atoms with E-state index in [0.29, 0.717) is 32.4 Å². The first-order valence-electron chi connectivity index (χ1n) is 10.9. The molecule has 0 saturated carbocycles. The van der Waals surface area contributed by atoms with Crippen LogP contribution in [-0.2, 0) is 15.7 Å². The van der Waals surface area contributed by atoms with Crippen molar-refractivity contribution in [2.24, 2.45) is 0 Å². The zero-order chi connectivity index (χ0) is 25.7. The molecule has 2 N–H and O–H groups in total. The number of piperidine rings is 1. The summed E-state index contributed by atoms with van der Waals surface area (Å²) in [6.45, 7) is 6.26. The molecule has 1 atom stereocenters. The molecule has 0 spiro atoms. The van der Waals surface area contributed by atoms with Crippen molar-refractivity contribution in [3.63, 3.8) is 0 Å². The number of aromatic nitrogens is 2. The van der Waals surface area contributed by atoms with Gasteiger partial charge in [0.2, 0.25) is 11.9 Å². The van der Waals surface area contributed by atoms with E-state index in [1.54, 1.807) is 25.7 Å². The van der Waals surface area contributed by atoms with Crippen molar-refractivity contribution in [2.75, 3.05) is 36.3 Å². The predicted octanol–water partition coefficient (Wildman–Crippen LogP) is 4.28. The molecule has 34 heavy (non-hydrogen) atoms. The van der Waals surface area contributed by atoms with Crippen molar-refractivity contribution in [1.29, 1.82) is 0 Å². The molecule has 2 amide bonds. The normalized spacial score (nSPS) is 17.1. The van der Waals surface area contributed by atoms with Crippen LogP contribution < -0.4 is 15.5 Å². The molecule has 0 aliphatic carbocycles. The zero-order valence-corrected chi connectivity index (χ0v) is 23.0. The van der Waals surface area contributed by atoms with Gasteiger partial charge in [-0.15, -0.1) is 0 Å². The Bertz CT molecular complexity index is 836. The fourth-order valence-electron chi connectivity index (χ4n) is 3.27. The van der Waals surface area contributed by atoms with Crippen LogP contribution >= 0.6 is 28.4 Å². The van der Waals surface area contributed by atoms with Crippen LogP contribution in [0.2, 0.25) is 0 Å². The van der Waals surface area contributed by atoms with Gasteiger partial charge in [0.25, 0.3) is 0 Å². The van der Waals surface area contributed by atoms with Crippen molar-refractivity contribution in [1.82, 2.24) is 20.6 Å². The molecule has 2 heterocycles. The van der Waals surface area contributed by atoms with Gasteiger partial charge in [0.05, 0.1) is 5.56 Å². The monoisotopic (exact) mass is 619 g/mol. The van der Waals surface area contributed by atoms with E-state index in [9.17, 15) is 22.8 Å². The van der Waals surface area contributed by atoms with Crippen LogP contribution in [0.4, 0.5) is 23.9 Å². The van der Waals surface area contributed by atoms with Crippen LogP contribution in [-0.4, -0.2) is 71.0 Å². The third-order valence-electron chi connectivity index (χ3n) is 4.99. The first-order chi connectivity index (χ1) is 15.5. The molecule has 0 radical (unpaired) electrons. The van der Waals surface area contributed by atoms with Crippen molar-refractivity contribution in [3.8, 4) is 0 Å². The lowest BCUT2D eigenvalue weighted by atomic mass is 10.0. The van der Waals surface area contributed by atoms with Crippen LogP contribution in [0.5, 0.6) is 0 Å². The van der Waals surface area contributed by atoms with E-state index in [4.69, 9.17) is 4.74 Å². The smallest absolute Gasteiger partial charge is 0.419 e. The van der Waals surface area contributed by atoms with E-state index in [2.05, 4.69) is 54.3 Å². The van der Waals surface area contributed by atoms with Crippen LogP contribution in [0.1, 0.15) is 45.6 Å². The van der Waals surface area contributed by atoms with Crippen molar-refractivity contribution in [2.45, 2.75) is 63.9 Å². The number of anilines is 1. The average molecular weight is 619 g/mol. The van der Waals surface area contributed by atoms with Gasteiger partial charge in [-0.05, 0) is 79.5 Å². The molecule has 0 aromatic carbocycles. The average Bonchev–Trinajstić information content (AvgIpc) is 2.69. The molecule has 1 saturated heterocycles. The molecular weight excluding hydrogens is 586 g/mol.